The minimum Gasteiger partial charge on any atom is -0.303 e. The van der Waals surface area contributed by atoms with Crippen LogP contribution in [0.25, 0.3) is 0 Å². The van der Waals surface area contributed by atoms with Gasteiger partial charge in [0.05, 0.1) is 5.60 Å². The van der Waals surface area contributed by atoms with Crippen LogP contribution >= 0.6 is 7.82 Å². The van der Waals surface area contributed by atoms with E-state index in [0.29, 0.717) is 12.8 Å². The van der Waals surface area contributed by atoms with Crippen molar-refractivity contribution in [2.24, 2.45) is 5.92 Å². The fourth-order valence-electron chi connectivity index (χ4n) is 2.30. The topological polar surface area (TPSA) is 66.8 Å². The molecule has 0 aromatic heterocycles. The Morgan fingerprint density at radius 1 is 1.13 bits per heavy atom. The van der Waals surface area contributed by atoms with Crippen LogP contribution in [0.3, 0.4) is 0 Å². The van der Waals surface area contributed by atoms with Crippen LogP contribution in [0.5, 0.6) is 0 Å². The maximum atomic E-state index is 11.0. The van der Waals surface area contributed by atoms with Gasteiger partial charge < -0.3 is 9.79 Å². The van der Waals surface area contributed by atoms with Crippen LogP contribution in [0.1, 0.15) is 53.4 Å². The van der Waals surface area contributed by atoms with Gasteiger partial charge in [-0.25, -0.2) is 4.57 Å². The molecule has 0 saturated heterocycles. The molecule has 0 aliphatic rings. The van der Waals surface area contributed by atoms with E-state index < -0.39 is 13.4 Å². The van der Waals surface area contributed by atoms with Crippen molar-refractivity contribution in [3.63, 3.8) is 0 Å². The quantitative estimate of drug-likeness (QED) is 0.669. The van der Waals surface area contributed by atoms with Gasteiger partial charge in [-0.1, -0.05) is 40.5 Å². The van der Waals surface area contributed by atoms with Gasteiger partial charge in [0.15, 0.2) is 0 Å². The van der Waals surface area contributed by atoms with E-state index in [2.05, 4.69) is 0 Å². The van der Waals surface area contributed by atoms with Crippen molar-refractivity contribution < 1.29 is 18.9 Å². The summed E-state index contributed by atoms with van der Waals surface area (Å²) in [6, 6.07) is 0. The van der Waals surface area contributed by atoms with Gasteiger partial charge in [0.1, 0.15) is 0 Å². The van der Waals surface area contributed by atoms with Crippen molar-refractivity contribution in [3.05, 3.63) is 0 Å². The Balaban J connectivity index is 4.94. The van der Waals surface area contributed by atoms with Crippen LogP contribution in [0.4, 0.5) is 0 Å². The van der Waals surface area contributed by atoms with Crippen molar-refractivity contribution in [2.75, 3.05) is 0 Å². The summed E-state index contributed by atoms with van der Waals surface area (Å²) in [6.45, 7) is 7.88. The zero-order valence-electron chi connectivity index (χ0n) is 10.1. The first-order valence-corrected chi connectivity index (χ1v) is 7.14. The van der Waals surface area contributed by atoms with Gasteiger partial charge in [-0.05, 0) is 18.8 Å². The lowest BCUT2D eigenvalue weighted by molar-refractivity contribution is -0.0264. The Morgan fingerprint density at radius 3 is 1.73 bits per heavy atom. The average molecular weight is 238 g/mol. The van der Waals surface area contributed by atoms with Gasteiger partial charge in [0.25, 0.3) is 0 Å². The summed E-state index contributed by atoms with van der Waals surface area (Å²) in [6.07, 6.45) is 3.00. The summed E-state index contributed by atoms with van der Waals surface area (Å²) in [5.41, 5.74) is -0.678. The summed E-state index contributed by atoms with van der Waals surface area (Å²) in [4.78, 5) is 17.9. The number of phosphoric acid groups is 1. The van der Waals surface area contributed by atoms with Gasteiger partial charge in [-0.3, -0.25) is 4.52 Å². The molecule has 0 aliphatic carbocycles. The number of hydrogen-bond donors (Lipinski definition) is 2. The highest BCUT2D eigenvalue weighted by Crippen LogP contribution is 2.48. The van der Waals surface area contributed by atoms with Crippen molar-refractivity contribution in [1.82, 2.24) is 0 Å². The van der Waals surface area contributed by atoms with Gasteiger partial charge in [-0.2, -0.15) is 0 Å². The molecule has 0 unspecified atom stereocenters. The zero-order chi connectivity index (χ0) is 12.1. The summed E-state index contributed by atoms with van der Waals surface area (Å²) in [7, 11) is -4.40. The van der Waals surface area contributed by atoms with Crippen LogP contribution in [0.15, 0.2) is 0 Å². The van der Waals surface area contributed by atoms with Gasteiger partial charge >= 0.3 is 7.82 Å². The largest absolute Gasteiger partial charge is 0.470 e. The molecular weight excluding hydrogens is 215 g/mol. The molecule has 0 fully saturated rings. The zero-order valence-corrected chi connectivity index (χ0v) is 11.0. The monoisotopic (exact) mass is 238 g/mol. The summed E-state index contributed by atoms with van der Waals surface area (Å²) < 4.78 is 16.0. The third kappa shape index (κ3) is 4.23. The van der Waals surface area contributed by atoms with Crippen molar-refractivity contribution in [2.45, 2.75) is 59.0 Å². The molecule has 0 aromatic carbocycles. The predicted molar refractivity (Wildman–Crippen MR) is 60.5 cm³/mol. The Labute approximate surface area is 92.3 Å². The first-order chi connectivity index (χ1) is 6.85. The molecule has 0 atom stereocenters. The first kappa shape index (κ1) is 15.1. The molecule has 0 radical (unpaired) electrons. The fourth-order valence-corrected chi connectivity index (χ4v) is 3.18. The van der Waals surface area contributed by atoms with Crippen molar-refractivity contribution in [3.8, 4) is 0 Å². The van der Waals surface area contributed by atoms with Crippen LogP contribution in [0, 0.1) is 5.92 Å². The molecule has 0 bridgehead atoms. The Bertz CT molecular complexity index is 215. The maximum Gasteiger partial charge on any atom is 0.470 e. The van der Waals surface area contributed by atoms with Gasteiger partial charge in [0, 0.05) is 0 Å². The van der Waals surface area contributed by atoms with Crippen LogP contribution in [-0.4, -0.2) is 15.4 Å². The number of hydrogen-bond acceptors (Lipinski definition) is 2. The van der Waals surface area contributed by atoms with E-state index in [1.165, 1.54) is 0 Å². The second-order valence-corrected chi connectivity index (χ2v) is 5.03. The van der Waals surface area contributed by atoms with Gasteiger partial charge in [0.2, 0.25) is 0 Å². The third-order valence-electron chi connectivity index (χ3n) is 3.23. The lowest BCUT2D eigenvalue weighted by atomic mass is 9.80. The van der Waals surface area contributed by atoms with E-state index >= 15 is 0 Å². The van der Waals surface area contributed by atoms with Crippen molar-refractivity contribution in [1.29, 1.82) is 0 Å². The first-order valence-electron chi connectivity index (χ1n) is 5.61. The number of phosphoric ester groups is 1. The Kier molecular flexibility index (Phi) is 6.04. The van der Waals surface area contributed by atoms with Crippen molar-refractivity contribution >= 4 is 7.82 Å². The fraction of sp³-hybridized carbons (Fsp3) is 1.00. The highest BCUT2D eigenvalue weighted by molar-refractivity contribution is 7.46. The van der Waals surface area contributed by atoms with E-state index in [1.807, 2.05) is 27.7 Å². The molecule has 0 aromatic rings. The molecule has 0 spiro atoms. The molecule has 0 saturated carbocycles. The summed E-state index contributed by atoms with van der Waals surface area (Å²) in [5.74, 6) is 0.195. The minimum absolute atomic E-state index is 0.195. The van der Waals surface area contributed by atoms with E-state index in [4.69, 9.17) is 14.3 Å². The molecular formula is C10H23O4P. The summed E-state index contributed by atoms with van der Waals surface area (Å²) in [5, 5.41) is 0. The molecule has 92 valence electrons. The molecule has 15 heavy (non-hydrogen) atoms. The third-order valence-corrected chi connectivity index (χ3v) is 3.83. The van der Waals surface area contributed by atoms with Crippen LogP contribution < -0.4 is 0 Å². The lowest BCUT2D eigenvalue weighted by Crippen LogP contribution is -2.38. The minimum atomic E-state index is -4.40. The second kappa shape index (κ2) is 6.00. The molecule has 4 nitrogen and oxygen atoms in total. The maximum absolute atomic E-state index is 11.0. The highest BCUT2D eigenvalue weighted by atomic mass is 31.2. The predicted octanol–water partition coefficient (Wildman–Crippen LogP) is 3.09. The van der Waals surface area contributed by atoms with E-state index in [0.717, 1.165) is 12.8 Å². The second-order valence-electron chi connectivity index (χ2n) is 3.87. The molecule has 2 N–H and O–H groups in total. The number of rotatable bonds is 7. The average Bonchev–Trinajstić information content (AvgIpc) is 2.16. The van der Waals surface area contributed by atoms with Gasteiger partial charge in [-0.15, -0.1) is 0 Å². The van der Waals surface area contributed by atoms with E-state index in [-0.39, 0.29) is 5.92 Å². The molecule has 5 heteroatoms. The molecule has 0 amide bonds. The SMILES string of the molecule is CCC(CC)C(CC)(CC)OP(=O)(O)O. The standard InChI is InChI=1S/C10H23O4P/c1-5-9(6-2)10(7-3,8-4)14-15(11,12)13/h9H,5-8H2,1-4H3,(H2,11,12,13). The lowest BCUT2D eigenvalue weighted by Gasteiger charge is -2.38. The smallest absolute Gasteiger partial charge is 0.303 e. The Hall–Kier alpha value is 0.110. The van der Waals surface area contributed by atoms with Crippen LogP contribution in [0.2, 0.25) is 0 Å². The normalized spacial score (nSPS) is 13.5. The molecule has 0 aliphatic heterocycles. The molecule has 0 rings (SSSR count). The Morgan fingerprint density at radius 2 is 1.53 bits per heavy atom. The van der Waals surface area contributed by atoms with E-state index in [1.54, 1.807) is 0 Å². The highest BCUT2D eigenvalue weighted by Gasteiger charge is 2.40. The molecule has 0 heterocycles. The van der Waals surface area contributed by atoms with Crippen LogP contribution in [-0.2, 0) is 9.09 Å². The summed E-state index contributed by atoms with van der Waals surface area (Å²) >= 11 is 0. The van der Waals surface area contributed by atoms with E-state index in [9.17, 15) is 4.57 Å².